The molecule has 0 unspecified atom stereocenters. The third-order valence-electron chi connectivity index (χ3n) is 6.48. The van der Waals surface area contributed by atoms with Gasteiger partial charge in [0.15, 0.2) is 5.69 Å². The Balaban J connectivity index is 0.00000259. The number of hydrogen-bond donors (Lipinski definition) is 1. The third kappa shape index (κ3) is 4.40. The van der Waals surface area contributed by atoms with Gasteiger partial charge in [0.2, 0.25) is 0 Å². The molecule has 2 aliphatic heterocycles. The number of fused-ring (bicyclic) bond motifs is 3. The van der Waals surface area contributed by atoms with Gasteiger partial charge in [0.25, 0.3) is 0 Å². The van der Waals surface area contributed by atoms with Crippen LogP contribution >= 0.6 is 12.4 Å². The topological polar surface area (TPSA) is 82.7 Å². The fourth-order valence-corrected chi connectivity index (χ4v) is 4.87. The molecule has 0 aliphatic carbocycles. The fraction of sp³-hybridized carbons (Fsp3) is 0.455. The van der Waals surface area contributed by atoms with Gasteiger partial charge in [-0.05, 0) is 43.5 Å². The lowest BCUT2D eigenvalue weighted by Gasteiger charge is -2.27. The van der Waals surface area contributed by atoms with Crippen LogP contribution in [-0.2, 0) is 19.6 Å². The zero-order chi connectivity index (χ0) is 22.5. The van der Waals surface area contributed by atoms with Crippen molar-refractivity contribution in [2.45, 2.75) is 37.5 Å². The number of nitrogens with one attached hydrogen (secondary N) is 1. The lowest BCUT2D eigenvalue weighted by Crippen LogP contribution is -2.43. The van der Waals surface area contributed by atoms with Gasteiger partial charge in [-0.25, -0.2) is 9.67 Å². The average molecular weight is 478 g/mol. The molecule has 174 valence electrons. The van der Waals surface area contributed by atoms with Gasteiger partial charge in [0.1, 0.15) is 11.6 Å². The van der Waals surface area contributed by atoms with Gasteiger partial charge in [0, 0.05) is 37.8 Å². The summed E-state index contributed by atoms with van der Waals surface area (Å²) in [6, 6.07) is 8.93. The summed E-state index contributed by atoms with van der Waals surface area (Å²) >= 11 is 0. The molecule has 1 N–H and O–H groups in total. The number of halogens is 4. The van der Waals surface area contributed by atoms with Gasteiger partial charge < -0.3 is 5.32 Å². The van der Waals surface area contributed by atoms with Crippen LogP contribution in [0.3, 0.4) is 0 Å². The molecule has 33 heavy (non-hydrogen) atoms. The van der Waals surface area contributed by atoms with E-state index in [4.69, 9.17) is 0 Å². The number of likely N-dealkylation sites (tertiary alicyclic amines) is 1. The van der Waals surface area contributed by atoms with E-state index < -0.39 is 11.7 Å². The Morgan fingerprint density at radius 2 is 2.09 bits per heavy atom. The van der Waals surface area contributed by atoms with Crippen molar-refractivity contribution in [3.8, 4) is 17.3 Å². The van der Waals surface area contributed by atoms with E-state index in [9.17, 15) is 18.4 Å². The first-order valence-corrected chi connectivity index (χ1v) is 10.6. The van der Waals surface area contributed by atoms with Crippen molar-refractivity contribution in [1.29, 1.82) is 5.26 Å². The first kappa shape index (κ1) is 23.4. The summed E-state index contributed by atoms with van der Waals surface area (Å²) in [6.45, 7) is 2.76. The van der Waals surface area contributed by atoms with Crippen LogP contribution in [0.2, 0.25) is 0 Å². The highest BCUT2D eigenvalue weighted by molar-refractivity contribution is 5.85. The molecule has 0 amide bonds. The predicted molar refractivity (Wildman–Crippen MR) is 119 cm³/mol. The van der Waals surface area contributed by atoms with Crippen LogP contribution in [0.5, 0.6) is 0 Å². The summed E-state index contributed by atoms with van der Waals surface area (Å²) in [5, 5.41) is 20.6. The van der Waals surface area contributed by atoms with Crippen LogP contribution < -0.4 is 5.32 Å². The minimum atomic E-state index is -4.47. The van der Waals surface area contributed by atoms with Crippen LogP contribution in [0.25, 0.3) is 22.3 Å². The highest BCUT2D eigenvalue weighted by Crippen LogP contribution is 2.36. The summed E-state index contributed by atoms with van der Waals surface area (Å²) in [6.07, 6.45) is -2.30. The number of hydrogen-bond acceptors (Lipinski definition) is 6. The van der Waals surface area contributed by atoms with Crippen molar-refractivity contribution >= 4 is 23.4 Å². The fourth-order valence-electron chi connectivity index (χ4n) is 4.87. The minimum Gasteiger partial charge on any atom is -0.311 e. The smallest absolute Gasteiger partial charge is 0.311 e. The van der Waals surface area contributed by atoms with Crippen LogP contribution in [0.1, 0.15) is 29.7 Å². The Kier molecular flexibility index (Phi) is 6.31. The van der Waals surface area contributed by atoms with Crippen molar-refractivity contribution < 1.29 is 13.2 Å². The molecule has 2 fully saturated rings. The molecule has 2 aromatic heterocycles. The van der Waals surface area contributed by atoms with Gasteiger partial charge in [0.05, 0.1) is 16.8 Å². The Morgan fingerprint density at radius 3 is 2.76 bits per heavy atom. The zero-order valence-corrected chi connectivity index (χ0v) is 18.7. The highest BCUT2D eigenvalue weighted by atomic mass is 35.5. The molecule has 2 bridgehead atoms. The monoisotopic (exact) mass is 477 g/mol. The molecule has 7 nitrogen and oxygen atoms in total. The maximum Gasteiger partial charge on any atom is 0.416 e. The molecule has 0 saturated carbocycles. The van der Waals surface area contributed by atoms with Crippen molar-refractivity contribution in [2.75, 3.05) is 19.6 Å². The van der Waals surface area contributed by atoms with E-state index >= 15 is 0 Å². The maximum absolute atomic E-state index is 13.9. The van der Waals surface area contributed by atoms with E-state index in [0.717, 1.165) is 32.1 Å². The summed E-state index contributed by atoms with van der Waals surface area (Å²) in [4.78, 5) is 6.62. The summed E-state index contributed by atoms with van der Waals surface area (Å²) in [5.41, 5.74) is 1.14. The van der Waals surface area contributed by atoms with Gasteiger partial charge in [-0.15, -0.1) is 17.5 Å². The number of aromatic nitrogens is 4. The van der Waals surface area contributed by atoms with E-state index in [-0.39, 0.29) is 29.4 Å². The molecule has 11 heteroatoms. The zero-order valence-electron chi connectivity index (χ0n) is 17.9. The number of nitriles is 1. The van der Waals surface area contributed by atoms with E-state index in [1.54, 1.807) is 19.2 Å². The number of nitrogens with zero attached hydrogens (tertiary/aromatic N) is 6. The second-order valence-electron chi connectivity index (χ2n) is 8.51. The number of alkyl halides is 3. The average Bonchev–Trinajstić information content (AvgIpc) is 3.49. The SMILES string of the molecule is Cl.Cn1nnc2c(C#N)nc(-c3ccc(CCCN4C[C@@H]5C[C@H]4CN5)c(C(F)(F)F)c3)cc21. The van der Waals surface area contributed by atoms with Crippen molar-refractivity contribution in [3.05, 3.63) is 41.1 Å². The van der Waals surface area contributed by atoms with E-state index in [0.29, 0.717) is 41.5 Å². The largest absolute Gasteiger partial charge is 0.416 e. The summed E-state index contributed by atoms with van der Waals surface area (Å²) in [5.74, 6) is 0. The van der Waals surface area contributed by atoms with E-state index in [1.807, 2.05) is 6.07 Å². The maximum atomic E-state index is 13.9. The normalized spacial score (nSPS) is 20.2. The molecule has 4 heterocycles. The Hall–Kier alpha value is -2.74. The second kappa shape index (κ2) is 8.89. The molecule has 0 spiro atoms. The van der Waals surface area contributed by atoms with Gasteiger partial charge >= 0.3 is 6.18 Å². The van der Waals surface area contributed by atoms with Crippen molar-refractivity contribution in [1.82, 2.24) is 30.2 Å². The Morgan fingerprint density at radius 1 is 1.27 bits per heavy atom. The minimum absolute atomic E-state index is 0. The van der Waals surface area contributed by atoms with Crippen LogP contribution in [-0.4, -0.2) is 56.6 Å². The molecule has 2 atom stereocenters. The number of piperazine rings is 1. The van der Waals surface area contributed by atoms with E-state index in [2.05, 4.69) is 25.5 Å². The second-order valence-corrected chi connectivity index (χ2v) is 8.51. The quantitative estimate of drug-likeness (QED) is 0.607. The number of pyridine rings is 1. The van der Waals surface area contributed by atoms with Crippen LogP contribution in [0, 0.1) is 11.3 Å². The first-order valence-electron chi connectivity index (χ1n) is 10.6. The van der Waals surface area contributed by atoms with Crippen molar-refractivity contribution in [2.24, 2.45) is 7.05 Å². The Labute approximate surface area is 195 Å². The molecule has 2 aliphatic rings. The predicted octanol–water partition coefficient (Wildman–Crippen LogP) is 3.32. The number of benzene rings is 1. The number of rotatable bonds is 5. The molecular weight excluding hydrogens is 455 g/mol. The molecule has 3 aromatic rings. The third-order valence-corrected chi connectivity index (χ3v) is 6.48. The Bertz CT molecular complexity index is 1220. The van der Waals surface area contributed by atoms with Crippen LogP contribution in [0.4, 0.5) is 13.2 Å². The molecule has 0 radical (unpaired) electrons. The van der Waals surface area contributed by atoms with Crippen LogP contribution in [0.15, 0.2) is 24.3 Å². The van der Waals surface area contributed by atoms with E-state index in [1.165, 1.54) is 10.7 Å². The van der Waals surface area contributed by atoms with Gasteiger partial charge in [-0.1, -0.05) is 17.3 Å². The molecule has 5 rings (SSSR count). The van der Waals surface area contributed by atoms with Crippen molar-refractivity contribution in [3.63, 3.8) is 0 Å². The summed E-state index contributed by atoms with van der Waals surface area (Å²) in [7, 11) is 1.66. The highest BCUT2D eigenvalue weighted by Gasteiger charge is 2.37. The molecule has 2 saturated heterocycles. The number of aryl methyl sites for hydroxylation is 2. The standard InChI is InChI=1S/C22H22F3N7.ClH/c1-31-20-9-18(28-19(10-26)21(20)29-30-31)14-5-4-13(17(7-14)22(23,24)25)3-2-6-32-12-15-8-16(32)11-27-15;/h4-5,7,9,15-16,27H,2-3,6,8,11-12H2,1H3;1H/t15-,16-;/m0./s1. The first-order chi connectivity index (χ1) is 15.3. The lowest BCUT2D eigenvalue weighted by atomic mass is 9.97. The lowest BCUT2D eigenvalue weighted by molar-refractivity contribution is -0.138. The van der Waals surface area contributed by atoms with Gasteiger partial charge in [-0.3, -0.25) is 4.90 Å². The summed E-state index contributed by atoms with van der Waals surface area (Å²) < 4.78 is 43.1. The molecule has 1 aromatic carbocycles. The molecular formula is C22H23ClF3N7. The van der Waals surface area contributed by atoms with Gasteiger partial charge in [-0.2, -0.15) is 18.4 Å².